The standard InChI is InChI=1S/C15H9N5O2S3/c21-11(20-15-17-4-6-24-15)8-2-5-23-13(8)19-12(22)14-18-9-7-16-3-1-10(9)25-14/h1-7H,(H,19,22)(H,17,20,21). The molecule has 25 heavy (non-hydrogen) atoms. The molecule has 0 aromatic carbocycles. The highest BCUT2D eigenvalue weighted by molar-refractivity contribution is 7.20. The van der Waals surface area contributed by atoms with Gasteiger partial charge >= 0.3 is 0 Å². The number of thiophene rings is 1. The predicted octanol–water partition coefficient (Wildman–Crippen LogP) is 3.71. The molecule has 2 amide bonds. The van der Waals surface area contributed by atoms with Crippen LogP contribution in [0.4, 0.5) is 10.1 Å². The molecule has 4 rings (SSSR count). The topological polar surface area (TPSA) is 96.9 Å². The van der Waals surface area contributed by atoms with Gasteiger partial charge in [-0.05, 0) is 17.5 Å². The molecule has 0 radical (unpaired) electrons. The van der Waals surface area contributed by atoms with Gasteiger partial charge in [0.25, 0.3) is 11.8 Å². The molecular weight excluding hydrogens is 378 g/mol. The molecule has 0 spiro atoms. The number of amides is 2. The number of aromatic nitrogens is 3. The Morgan fingerprint density at radius 3 is 2.72 bits per heavy atom. The number of nitrogens with one attached hydrogen (secondary N) is 2. The molecule has 0 atom stereocenters. The fourth-order valence-electron chi connectivity index (χ4n) is 2.07. The number of fused-ring (bicyclic) bond motifs is 1. The van der Waals surface area contributed by atoms with Crippen LogP contribution in [0, 0.1) is 0 Å². The van der Waals surface area contributed by atoms with Crippen LogP contribution in [0.15, 0.2) is 41.5 Å². The number of hydrogen-bond donors (Lipinski definition) is 2. The van der Waals surface area contributed by atoms with Crippen molar-refractivity contribution in [2.24, 2.45) is 0 Å². The second-order valence-corrected chi connectivity index (χ2v) is 7.61. The average Bonchev–Trinajstić information content (AvgIpc) is 3.34. The molecule has 0 saturated carbocycles. The van der Waals surface area contributed by atoms with E-state index < -0.39 is 0 Å². The summed E-state index contributed by atoms with van der Waals surface area (Å²) in [5, 5.41) is 10.3. The first-order valence-corrected chi connectivity index (χ1v) is 9.58. The van der Waals surface area contributed by atoms with Crippen molar-refractivity contribution in [3.05, 3.63) is 52.1 Å². The van der Waals surface area contributed by atoms with Gasteiger partial charge in [-0.2, -0.15) is 0 Å². The monoisotopic (exact) mass is 387 g/mol. The van der Waals surface area contributed by atoms with Gasteiger partial charge < -0.3 is 5.32 Å². The SMILES string of the molecule is O=C(Nc1sccc1C(=O)Nc1nccs1)c1nc2cnccc2s1. The third-order valence-electron chi connectivity index (χ3n) is 3.17. The Balaban J connectivity index is 1.54. The van der Waals surface area contributed by atoms with E-state index >= 15 is 0 Å². The first-order valence-electron chi connectivity index (χ1n) is 7.01. The zero-order chi connectivity index (χ0) is 17.2. The molecule has 4 aromatic rings. The summed E-state index contributed by atoms with van der Waals surface area (Å²) in [6.07, 6.45) is 4.88. The number of rotatable bonds is 4. The predicted molar refractivity (Wildman–Crippen MR) is 99.8 cm³/mol. The summed E-state index contributed by atoms with van der Waals surface area (Å²) < 4.78 is 0.882. The quantitative estimate of drug-likeness (QED) is 0.556. The molecule has 124 valence electrons. The highest BCUT2D eigenvalue weighted by Crippen LogP contribution is 2.27. The van der Waals surface area contributed by atoms with Crippen LogP contribution in [0.25, 0.3) is 10.2 Å². The minimum absolute atomic E-state index is 0.319. The van der Waals surface area contributed by atoms with Crippen LogP contribution in [0.3, 0.4) is 0 Å². The van der Waals surface area contributed by atoms with E-state index in [4.69, 9.17) is 0 Å². The van der Waals surface area contributed by atoms with Gasteiger partial charge in [0, 0.05) is 17.8 Å². The Morgan fingerprint density at radius 2 is 1.92 bits per heavy atom. The van der Waals surface area contributed by atoms with Gasteiger partial charge in [0.15, 0.2) is 10.1 Å². The van der Waals surface area contributed by atoms with Crippen LogP contribution < -0.4 is 10.6 Å². The fourth-order valence-corrected chi connectivity index (χ4v) is 4.20. The number of thiazole rings is 2. The lowest BCUT2D eigenvalue weighted by Gasteiger charge is -2.04. The maximum absolute atomic E-state index is 12.5. The fraction of sp³-hybridized carbons (Fsp3) is 0. The van der Waals surface area contributed by atoms with Crippen LogP contribution in [0.5, 0.6) is 0 Å². The Bertz CT molecular complexity index is 1020. The summed E-state index contributed by atoms with van der Waals surface area (Å²) in [6.45, 7) is 0. The minimum atomic E-state index is -0.355. The Morgan fingerprint density at radius 1 is 1.00 bits per heavy atom. The zero-order valence-corrected chi connectivity index (χ0v) is 14.9. The van der Waals surface area contributed by atoms with Crippen LogP contribution in [-0.4, -0.2) is 26.8 Å². The molecule has 7 nitrogen and oxygen atoms in total. The summed E-state index contributed by atoms with van der Waals surface area (Å²) in [5.41, 5.74) is 1.06. The first kappa shape index (κ1) is 15.8. The van der Waals surface area contributed by atoms with Gasteiger partial charge in [0.05, 0.1) is 16.5 Å². The van der Waals surface area contributed by atoms with Crippen molar-refractivity contribution in [3.63, 3.8) is 0 Å². The molecule has 0 aliphatic rings. The van der Waals surface area contributed by atoms with E-state index in [0.717, 1.165) is 4.70 Å². The van der Waals surface area contributed by atoms with Crippen LogP contribution in [0.2, 0.25) is 0 Å². The molecule has 0 aliphatic carbocycles. The van der Waals surface area contributed by atoms with E-state index in [-0.39, 0.29) is 11.8 Å². The van der Waals surface area contributed by atoms with Crippen molar-refractivity contribution in [3.8, 4) is 0 Å². The lowest BCUT2D eigenvalue weighted by Crippen LogP contribution is -2.16. The summed E-state index contributed by atoms with van der Waals surface area (Å²) in [5.74, 6) is -0.674. The molecule has 0 aliphatic heterocycles. The maximum atomic E-state index is 12.5. The molecule has 4 heterocycles. The van der Waals surface area contributed by atoms with Crippen molar-refractivity contribution < 1.29 is 9.59 Å². The normalized spacial score (nSPS) is 10.7. The zero-order valence-electron chi connectivity index (χ0n) is 12.4. The smallest absolute Gasteiger partial charge is 0.285 e. The van der Waals surface area contributed by atoms with E-state index in [1.807, 2.05) is 6.07 Å². The van der Waals surface area contributed by atoms with E-state index in [0.29, 0.717) is 26.2 Å². The maximum Gasteiger partial charge on any atom is 0.285 e. The Labute approximate surface area is 153 Å². The summed E-state index contributed by atoms with van der Waals surface area (Å²) >= 11 is 3.88. The second-order valence-electron chi connectivity index (χ2n) is 4.77. The summed E-state index contributed by atoms with van der Waals surface area (Å²) in [7, 11) is 0. The third-order valence-corrected chi connectivity index (χ3v) is 5.73. The van der Waals surface area contributed by atoms with Crippen LogP contribution >= 0.6 is 34.0 Å². The number of hydrogen-bond acceptors (Lipinski definition) is 8. The lowest BCUT2D eigenvalue weighted by molar-refractivity contribution is 0.102. The molecule has 0 saturated heterocycles. The van der Waals surface area contributed by atoms with Crippen molar-refractivity contribution in [1.82, 2.24) is 15.0 Å². The van der Waals surface area contributed by atoms with Crippen LogP contribution in [-0.2, 0) is 0 Å². The molecule has 0 bridgehead atoms. The minimum Gasteiger partial charge on any atom is -0.311 e. The summed E-state index contributed by atoms with van der Waals surface area (Å²) in [4.78, 5) is 37.1. The molecule has 2 N–H and O–H groups in total. The van der Waals surface area contributed by atoms with E-state index in [2.05, 4.69) is 25.6 Å². The Hall–Kier alpha value is -2.69. The highest BCUT2D eigenvalue weighted by Gasteiger charge is 2.18. The van der Waals surface area contributed by atoms with Gasteiger partial charge in [-0.25, -0.2) is 9.97 Å². The molecule has 0 fully saturated rings. The first-order chi connectivity index (χ1) is 12.2. The number of nitrogens with zero attached hydrogens (tertiary/aromatic N) is 3. The van der Waals surface area contributed by atoms with E-state index in [1.165, 1.54) is 34.0 Å². The van der Waals surface area contributed by atoms with Crippen molar-refractivity contribution in [1.29, 1.82) is 0 Å². The number of pyridine rings is 1. The molecular formula is C15H9N5O2S3. The average molecular weight is 387 g/mol. The van der Waals surface area contributed by atoms with Gasteiger partial charge in [0.1, 0.15) is 10.5 Å². The largest absolute Gasteiger partial charge is 0.311 e. The molecule has 0 unspecified atom stereocenters. The lowest BCUT2D eigenvalue weighted by atomic mass is 10.3. The second kappa shape index (κ2) is 6.67. The van der Waals surface area contributed by atoms with Gasteiger partial charge in [-0.3, -0.25) is 19.9 Å². The molecule has 10 heteroatoms. The highest BCUT2D eigenvalue weighted by atomic mass is 32.1. The van der Waals surface area contributed by atoms with Crippen molar-refractivity contribution in [2.75, 3.05) is 10.6 Å². The van der Waals surface area contributed by atoms with E-state index in [1.54, 1.807) is 35.4 Å². The third kappa shape index (κ3) is 3.27. The number of carbonyl (C=O) groups excluding carboxylic acids is 2. The van der Waals surface area contributed by atoms with Gasteiger partial charge in [-0.15, -0.1) is 34.0 Å². The van der Waals surface area contributed by atoms with Crippen molar-refractivity contribution >= 4 is 66.2 Å². The number of anilines is 2. The van der Waals surface area contributed by atoms with Gasteiger partial charge in [0.2, 0.25) is 0 Å². The molecule has 4 aromatic heterocycles. The van der Waals surface area contributed by atoms with Crippen molar-refractivity contribution in [2.45, 2.75) is 0 Å². The van der Waals surface area contributed by atoms with Gasteiger partial charge in [-0.1, -0.05) is 0 Å². The Kier molecular flexibility index (Phi) is 4.22. The number of carbonyl (C=O) groups is 2. The van der Waals surface area contributed by atoms with E-state index in [9.17, 15) is 9.59 Å². The van der Waals surface area contributed by atoms with Crippen LogP contribution in [0.1, 0.15) is 20.2 Å². The summed E-state index contributed by atoms with van der Waals surface area (Å²) in [6, 6.07) is 3.47.